The smallest absolute Gasteiger partial charge is 0.257 e. The Balaban J connectivity index is 1.88. The van der Waals surface area contributed by atoms with Gasteiger partial charge in [0.2, 0.25) is 0 Å². The molecule has 1 atom stereocenters. The molecule has 104 valence electrons. The summed E-state index contributed by atoms with van der Waals surface area (Å²) in [6.45, 7) is 2.09. The first-order valence-electron chi connectivity index (χ1n) is 6.43. The average molecular weight is 267 g/mol. The molecule has 1 fully saturated rings. The standard InChI is InChI=1S/C14H18FNO3/c1-9(17)12-6-11(15)4-5-13(12)19-8-14(18)16-7-10-2-3-10/h4-6,9-10,17H,2-3,7-8H2,1H3,(H,16,18). The first-order valence-corrected chi connectivity index (χ1v) is 6.43. The van der Waals surface area contributed by atoms with Crippen LogP contribution in [0.3, 0.4) is 0 Å². The topological polar surface area (TPSA) is 58.6 Å². The number of hydrogen-bond donors (Lipinski definition) is 2. The molecule has 0 saturated heterocycles. The number of aliphatic hydroxyl groups is 1. The number of carbonyl (C=O) groups is 1. The second kappa shape index (κ2) is 6.02. The Labute approximate surface area is 111 Å². The van der Waals surface area contributed by atoms with Gasteiger partial charge in [-0.3, -0.25) is 4.79 Å². The second-order valence-corrected chi connectivity index (χ2v) is 4.89. The number of hydrogen-bond acceptors (Lipinski definition) is 3. The lowest BCUT2D eigenvalue weighted by atomic mass is 10.1. The summed E-state index contributed by atoms with van der Waals surface area (Å²) in [6, 6.07) is 3.87. The Morgan fingerprint density at radius 1 is 1.58 bits per heavy atom. The number of halogens is 1. The molecule has 2 N–H and O–H groups in total. The zero-order valence-corrected chi connectivity index (χ0v) is 10.9. The predicted molar refractivity (Wildman–Crippen MR) is 68.3 cm³/mol. The third-order valence-electron chi connectivity index (χ3n) is 3.07. The molecule has 19 heavy (non-hydrogen) atoms. The van der Waals surface area contributed by atoms with E-state index in [0.29, 0.717) is 23.8 Å². The summed E-state index contributed by atoms with van der Waals surface area (Å²) >= 11 is 0. The lowest BCUT2D eigenvalue weighted by Crippen LogP contribution is -2.30. The van der Waals surface area contributed by atoms with Gasteiger partial charge in [0.15, 0.2) is 6.61 Å². The second-order valence-electron chi connectivity index (χ2n) is 4.89. The number of carbonyl (C=O) groups excluding carboxylic acids is 1. The van der Waals surface area contributed by atoms with Crippen molar-refractivity contribution in [3.8, 4) is 5.75 Å². The Morgan fingerprint density at radius 3 is 2.95 bits per heavy atom. The molecule has 0 radical (unpaired) electrons. The number of amides is 1. The van der Waals surface area contributed by atoms with Crippen LogP contribution in [-0.4, -0.2) is 24.2 Å². The molecule has 1 aliphatic rings. The van der Waals surface area contributed by atoms with Gasteiger partial charge in [0.1, 0.15) is 11.6 Å². The minimum atomic E-state index is -0.847. The molecule has 0 bridgehead atoms. The Bertz CT molecular complexity index is 458. The quantitative estimate of drug-likeness (QED) is 0.826. The van der Waals surface area contributed by atoms with E-state index in [-0.39, 0.29) is 12.5 Å². The molecule has 5 heteroatoms. The van der Waals surface area contributed by atoms with Crippen LogP contribution < -0.4 is 10.1 Å². The maximum atomic E-state index is 13.1. The predicted octanol–water partition coefficient (Wildman–Crippen LogP) is 1.78. The summed E-state index contributed by atoms with van der Waals surface area (Å²) in [6.07, 6.45) is 1.50. The lowest BCUT2D eigenvalue weighted by Gasteiger charge is -2.13. The van der Waals surface area contributed by atoms with Gasteiger partial charge in [0.25, 0.3) is 5.91 Å². The highest BCUT2D eigenvalue weighted by atomic mass is 19.1. The first-order chi connectivity index (χ1) is 9.06. The van der Waals surface area contributed by atoms with Crippen LogP contribution in [0.15, 0.2) is 18.2 Å². The van der Waals surface area contributed by atoms with Crippen LogP contribution in [0.25, 0.3) is 0 Å². The van der Waals surface area contributed by atoms with E-state index in [2.05, 4.69) is 5.32 Å². The summed E-state index contributed by atoms with van der Waals surface area (Å²) in [7, 11) is 0. The first kappa shape index (κ1) is 13.8. The molecule has 1 saturated carbocycles. The van der Waals surface area contributed by atoms with Gasteiger partial charge >= 0.3 is 0 Å². The maximum absolute atomic E-state index is 13.1. The summed E-state index contributed by atoms with van der Waals surface area (Å²) in [5, 5.41) is 12.3. The van der Waals surface area contributed by atoms with E-state index in [4.69, 9.17) is 4.74 Å². The summed E-state index contributed by atoms with van der Waals surface area (Å²) in [4.78, 5) is 11.5. The van der Waals surface area contributed by atoms with Crippen molar-refractivity contribution < 1.29 is 19.0 Å². The molecule has 1 aromatic rings. The fraction of sp³-hybridized carbons (Fsp3) is 0.500. The highest BCUT2D eigenvalue weighted by Crippen LogP contribution is 2.28. The van der Waals surface area contributed by atoms with Crippen molar-refractivity contribution in [3.63, 3.8) is 0 Å². The normalized spacial score (nSPS) is 15.9. The van der Waals surface area contributed by atoms with Gasteiger partial charge in [-0.1, -0.05) is 0 Å². The number of benzene rings is 1. The molecule has 1 unspecified atom stereocenters. The van der Waals surface area contributed by atoms with Gasteiger partial charge in [-0.05, 0) is 43.9 Å². The molecular formula is C14H18FNO3. The van der Waals surface area contributed by atoms with Crippen LogP contribution in [0.2, 0.25) is 0 Å². The zero-order valence-electron chi connectivity index (χ0n) is 10.9. The van der Waals surface area contributed by atoms with Crippen LogP contribution >= 0.6 is 0 Å². The molecule has 0 spiro atoms. The third-order valence-corrected chi connectivity index (χ3v) is 3.07. The van der Waals surface area contributed by atoms with Gasteiger partial charge < -0.3 is 15.2 Å². The SMILES string of the molecule is CC(O)c1cc(F)ccc1OCC(=O)NCC1CC1. The van der Waals surface area contributed by atoms with Crippen molar-refractivity contribution in [2.45, 2.75) is 25.9 Å². The number of rotatable bonds is 6. The molecule has 1 aliphatic carbocycles. The Hall–Kier alpha value is -1.62. The van der Waals surface area contributed by atoms with Gasteiger partial charge in [-0.25, -0.2) is 4.39 Å². The minimum Gasteiger partial charge on any atom is -0.483 e. The number of nitrogens with one attached hydrogen (secondary N) is 1. The molecule has 0 aliphatic heterocycles. The van der Waals surface area contributed by atoms with E-state index < -0.39 is 11.9 Å². The van der Waals surface area contributed by atoms with Gasteiger partial charge in [0, 0.05) is 12.1 Å². The minimum absolute atomic E-state index is 0.127. The van der Waals surface area contributed by atoms with Crippen molar-refractivity contribution in [2.75, 3.05) is 13.2 Å². The monoisotopic (exact) mass is 267 g/mol. The summed E-state index contributed by atoms with van der Waals surface area (Å²) < 4.78 is 18.4. The van der Waals surface area contributed by atoms with Crippen LogP contribution in [-0.2, 0) is 4.79 Å². The number of ether oxygens (including phenoxy) is 1. The highest BCUT2D eigenvalue weighted by molar-refractivity contribution is 5.77. The molecule has 4 nitrogen and oxygen atoms in total. The summed E-state index contributed by atoms with van der Waals surface area (Å²) in [5.74, 6) is 0.301. The largest absolute Gasteiger partial charge is 0.483 e. The van der Waals surface area contributed by atoms with E-state index in [9.17, 15) is 14.3 Å². The molecule has 1 aromatic carbocycles. The zero-order chi connectivity index (χ0) is 13.8. The highest BCUT2D eigenvalue weighted by Gasteiger charge is 2.21. The van der Waals surface area contributed by atoms with Crippen molar-refractivity contribution >= 4 is 5.91 Å². The molecule has 0 heterocycles. The van der Waals surface area contributed by atoms with Crippen LogP contribution in [0.1, 0.15) is 31.4 Å². The van der Waals surface area contributed by atoms with Gasteiger partial charge in [-0.2, -0.15) is 0 Å². The lowest BCUT2D eigenvalue weighted by molar-refractivity contribution is -0.123. The van der Waals surface area contributed by atoms with Crippen molar-refractivity contribution in [3.05, 3.63) is 29.6 Å². The summed E-state index contributed by atoms with van der Waals surface area (Å²) in [5.41, 5.74) is 0.343. The molecular weight excluding hydrogens is 249 g/mol. The van der Waals surface area contributed by atoms with Crippen molar-refractivity contribution in [2.24, 2.45) is 5.92 Å². The van der Waals surface area contributed by atoms with Crippen LogP contribution in [0, 0.1) is 11.7 Å². The number of aliphatic hydroxyl groups excluding tert-OH is 1. The maximum Gasteiger partial charge on any atom is 0.257 e. The fourth-order valence-corrected chi connectivity index (χ4v) is 1.75. The van der Waals surface area contributed by atoms with E-state index in [0.717, 1.165) is 0 Å². The molecule has 2 rings (SSSR count). The van der Waals surface area contributed by atoms with Gasteiger partial charge in [-0.15, -0.1) is 0 Å². The van der Waals surface area contributed by atoms with Crippen molar-refractivity contribution in [1.29, 1.82) is 0 Å². The van der Waals surface area contributed by atoms with E-state index >= 15 is 0 Å². The Kier molecular flexibility index (Phi) is 4.37. The third kappa shape index (κ3) is 4.21. The fourth-order valence-electron chi connectivity index (χ4n) is 1.75. The van der Waals surface area contributed by atoms with Crippen LogP contribution in [0.5, 0.6) is 5.75 Å². The van der Waals surface area contributed by atoms with Gasteiger partial charge in [0.05, 0.1) is 6.10 Å². The van der Waals surface area contributed by atoms with Crippen molar-refractivity contribution in [1.82, 2.24) is 5.32 Å². The average Bonchev–Trinajstić information content (AvgIpc) is 3.18. The molecule has 1 amide bonds. The van der Waals surface area contributed by atoms with E-state index in [1.807, 2.05) is 0 Å². The van der Waals surface area contributed by atoms with E-state index in [1.165, 1.54) is 38.0 Å². The Morgan fingerprint density at radius 2 is 2.32 bits per heavy atom. The van der Waals surface area contributed by atoms with E-state index in [1.54, 1.807) is 0 Å². The van der Waals surface area contributed by atoms with Crippen LogP contribution in [0.4, 0.5) is 4.39 Å². The molecule has 0 aromatic heterocycles.